The van der Waals surface area contributed by atoms with Crippen LogP contribution in [-0.2, 0) is 16.6 Å². The van der Waals surface area contributed by atoms with E-state index in [4.69, 9.17) is 4.74 Å². The fraction of sp³-hybridized carbons (Fsp3) is 0.435. The summed E-state index contributed by atoms with van der Waals surface area (Å²) >= 11 is 0. The van der Waals surface area contributed by atoms with Crippen molar-refractivity contribution >= 4 is 15.9 Å². The van der Waals surface area contributed by atoms with E-state index in [2.05, 4.69) is 14.9 Å². The predicted octanol–water partition coefficient (Wildman–Crippen LogP) is 2.78. The van der Waals surface area contributed by atoms with Crippen LogP contribution < -0.4 is 14.8 Å². The lowest BCUT2D eigenvalue weighted by atomic mass is 10.2. The first-order valence-electron chi connectivity index (χ1n) is 10.6. The van der Waals surface area contributed by atoms with Crippen LogP contribution in [0.3, 0.4) is 0 Å². The number of sulfonamides is 1. The second-order valence-corrected chi connectivity index (χ2v) is 9.82. The van der Waals surface area contributed by atoms with E-state index in [9.17, 15) is 13.2 Å². The number of amides is 1. The van der Waals surface area contributed by atoms with E-state index in [1.807, 2.05) is 38.4 Å². The Morgan fingerprint density at radius 3 is 2.48 bits per heavy atom. The van der Waals surface area contributed by atoms with Gasteiger partial charge >= 0.3 is 0 Å². The van der Waals surface area contributed by atoms with E-state index in [1.165, 1.54) is 12.1 Å². The van der Waals surface area contributed by atoms with Gasteiger partial charge in [0, 0.05) is 24.7 Å². The van der Waals surface area contributed by atoms with Crippen LogP contribution >= 0.6 is 0 Å². The van der Waals surface area contributed by atoms with Gasteiger partial charge in [0.25, 0.3) is 5.91 Å². The van der Waals surface area contributed by atoms with Crippen molar-refractivity contribution in [1.29, 1.82) is 0 Å². The van der Waals surface area contributed by atoms with Gasteiger partial charge in [0.2, 0.25) is 10.0 Å². The Balaban J connectivity index is 1.55. The zero-order valence-corrected chi connectivity index (χ0v) is 19.0. The first-order valence-corrected chi connectivity index (χ1v) is 12.1. The molecular formula is C23H31N3O4S. The van der Waals surface area contributed by atoms with Gasteiger partial charge in [-0.1, -0.05) is 31.0 Å². The number of nitrogens with zero attached hydrogens (tertiary/aromatic N) is 1. The van der Waals surface area contributed by atoms with Crippen molar-refractivity contribution in [2.24, 2.45) is 0 Å². The van der Waals surface area contributed by atoms with Crippen LogP contribution in [0.5, 0.6) is 5.75 Å². The van der Waals surface area contributed by atoms with E-state index >= 15 is 0 Å². The molecule has 7 nitrogen and oxygen atoms in total. The molecule has 1 fully saturated rings. The molecule has 0 saturated heterocycles. The molecule has 2 aromatic carbocycles. The van der Waals surface area contributed by atoms with Crippen LogP contribution in [0.25, 0.3) is 0 Å². The molecule has 2 N–H and O–H groups in total. The molecule has 0 spiro atoms. The van der Waals surface area contributed by atoms with Gasteiger partial charge in [-0.2, -0.15) is 0 Å². The van der Waals surface area contributed by atoms with Gasteiger partial charge in [-0.15, -0.1) is 0 Å². The molecule has 0 unspecified atom stereocenters. The van der Waals surface area contributed by atoms with Crippen molar-refractivity contribution in [2.75, 3.05) is 27.2 Å². The molecular weight excluding hydrogens is 414 g/mol. The zero-order valence-electron chi connectivity index (χ0n) is 18.1. The lowest BCUT2D eigenvalue weighted by Crippen LogP contribution is -2.32. The lowest BCUT2D eigenvalue weighted by Gasteiger charge is -2.13. The summed E-state index contributed by atoms with van der Waals surface area (Å²) in [6.45, 7) is 1.79. The van der Waals surface area contributed by atoms with Crippen LogP contribution in [-0.4, -0.2) is 52.5 Å². The summed E-state index contributed by atoms with van der Waals surface area (Å²) in [6.07, 6.45) is 3.80. The fourth-order valence-electron chi connectivity index (χ4n) is 3.47. The Labute approximate surface area is 184 Å². The minimum absolute atomic E-state index is 0.0164. The molecule has 0 aromatic heterocycles. The van der Waals surface area contributed by atoms with Crippen molar-refractivity contribution in [3.05, 3.63) is 59.7 Å². The molecule has 168 valence electrons. The first kappa shape index (κ1) is 23.2. The number of carbonyl (C=O) groups is 1. The maximum Gasteiger partial charge on any atom is 0.251 e. The average Bonchev–Trinajstić information content (AvgIpc) is 3.25. The summed E-state index contributed by atoms with van der Waals surface area (Å²) in [5, 5.41) is 2.84. The van der Waals surface area contributed by atoms with Gasteiger partial charge in [-0.25, -0.2) is 13.1 Å². The van der Waals surface area contributed by atoms with Gasteiger partial charge in [0.05, 0.1) is 4.90 Å². The normalized spacial score (nSPS) is 14.7. The topological polar surface area (TPSA) is 87.7 Å². The van der Waals surface area contributed by atoms with Crippen LogP contribution in [0.4, 0.5) is 0 Å². The highest BCUT2D eigenvalue weighted by Crippen LogP contribution is 2.21. The molecule has 2 aromatic rings. The molecule has 0 bridgehead atoms. The van der Waals surface area contributed by atoms with E-state index in [0.717, 1.165) is 43.5 Å². The highest BCUT2D eigenvalue weighted by atomic mass is 32.2. The molecule has 31 heavy (non-hydrogen) atoms. The van der Waals surface area contributed by atoms with E-state index < -0.39 is 10.0 Å². The number of benzene rings is 2. The van der Waals surface area contributed by atoms with E-state index in [0.29, 0.717) is 18.7 Å². The SMILES string of the molecule is CN(C)CCOc1ccc(CNC(=O)c2cccc(S(=O)(=O)NC3CCCC3)c2)cc1. The highest BCUT2D eigenvalue weighted by Gasteiger charge is 2.23. The van der Waals surface area contributed by atoms with Crippen molar-refractivity contribution in [3.63, 3.8) is 0 Å². The van der Waals surface area contributed by atoms with Gasteiger partial charge in [-0.05, 0) is 62.8 Å². The number of rotatable bonds is 10. The Kier molecular flexibility index (Phi) is 8.06. The monoisotopic (exact) mass is 445 g/mol. The average molecular weight is 446 g/mol. The molecule has 0 radical (unpaired) electrons. The largest absolute Gasteiger partial charge is 0.492 e. The summed E-state index contributed by atoms with van der Waals surface area (Å²) in [6, 6.07) is 13.7. The summed E-state index contributed by atoms with van der Waals surface area (Å²) in [7, 11) is 0.353. The second-order valence-electron chi connectivity index (χ2n) is 8.11. The van der Waals surface area contributed by atoms with Crippen LogP contribution in [0, 0.1) is 0 Å². The molecule has 3 rings (SSSR count). The van der Waals surface area contributed by atoms with Crippen LogP contribution in [0.1, 0.15) is 41.6 Å². The van der Waals surface area contributed by atoms with Gasteiger partial charge in [-0.3, -0.25) is 4.79 Å². The summed E-state index contributed by atoms with van der Waals surface area (Å²) in [4.78, 5) is 14.7. The predicted molar refractivity (Wildman–Crippen MR) is 121 cm³/mol. The molecule has 1 aliphatic rings. The minimum Gasteiger partial charge on any atom is -0.492 e. The smallest absolute Gasteiger partial charge is 0.251 e. The number of hydrogen-bond acceptors (Lipinski definition) is 5. The summed E-state index contributed by atoms with van der Waals surface area (Å²) < 4.78 is 33.7. The second kappa shape index (κ2) is 10.7. The summed E-state index contributed by atoms with van der Waals surface area (Å²) in [5.74, 6) is 0.467. The number of ether oxygens (including phenoxy) is 1. The maximum atomic E-state index is 12.6. The molecule has 1 aliphatic carbocycles. The van der Waals surface area contributed by atoms with E-state index in [-0.39, 0.29) is 16.8 Å². The van der Waals surface area contributed by atoms with Crippen molar-refractivity contribution < 1.29 is 17.9 Å². The van der Waals surface area contributed by atoms with E-state index in [1.54, 1.807) is 12.1 Å². The Bertz CT molecular complexity index is 969. The molecule has 0 aliphatic heterocycles. The molecule has 0 atom stereocenters. The molecule has 1 saturated carbocycles. The van der Waals surface area contributed by atoms with Gasteiger partial charge in [0.15, 0.2) is 0 Å². The van der Waals surface area contributed by atoms with Crippen molar-refractivity contribution in [3.8, 4) is 5.75 Å². The quantitative estimate of drug-likeness (QED) is 0.587. The first-order chi connectivity index (χ1) is 14.8. The van der Waals surface area contributed by atoms with Gasteiger partial charge in [0.1, 0.15) is 12.4 Å². The van der Waals surface area contributed by atoms with Crippen LogP contribution in [0.2, 0.25) is 0 Å². The standard InChI is InChI=1S/C23H31N3O4S/c1-26(2)14-15-30-21-12-10-18(11-13-21)17-24-23(27)19-6-5-9-22(16-19)31(28,29)25-20-7-3-4-8-20/h5-6,9-13,16,20,25H,3-4,7-8,14-15,17H2,1-2H3,(H,24,27). The third kappa shape index (κ3) is 7.05. The molecule has 1 amide bonds. The van der Waals surface area contributed by atoms with Gasteiger partial charge < -0.3 is 15.0 Å². The molecule has 8 heteroatoms. The number of hydrogen-bond donors (Lipinski definition) is 2. The third-order valence-electron chi connectivity index (χ3n) is 5.27. The number of nitrogens with one attached hydrogen (secondary N) is 2. The Hall–Kier alpha value is -2.42. The third-order valence-corrected chi connectivity index (χ3v) is 6.79. The maximum absolute atomic E-state index is 12.6. The van der Waals surface area contributed by atoms with Crippen molar-refractivity contribution in [2.45, 2.75) is 43.2 Å². The Morgan fingerprint density at radius 1 is 1.10 bits per heavy atom. The molecule has 0 heterocycles. The Morgan fingerprint density at radius 2 is 1.81 bits per heavy atom. The lowest BCUT2D eigenvalue weighted by molar-refractivity contribution is 0.0950. The highest BCUT2D eigenvalue weighted by molar-refractivity contribution is 7.89. The summed E-state index contributed by atoms with van der Waals surface area (Å²) in [5.41, 5.74) is 1.25. The number of likely N-dealkylation sites (N-methyl/N-ethyl adjacent to an activating group) is 1. The van der Waals surface area contributed by atoms with Crippen LogP contribution in [0.15, 0.2) is 53.4 Å². The number of carbonyl (C=O) groups excluding carboxylic acids is 1. The fourth-order valence-corrected chi connectivity index (χ4v) is 4.82. The van der Waals surface area contributed by atoms with Crippen molar-refractivity contribution in [1.82, 2.24) is 14.9 Å². The zero-order chi connectivity index (χ0) is 22.3. The minimum atomic E-state index is -3.63.